The molecule has 2 aromatic carbocycles. The molecule has 1 saturated heterocycles. The number of anilines is 1. The van der Waals surface area contributed by atoms with Gasteiger partial charge in [0, 0.05) is 37.1 Å². The molecule has 0 spiro atoms. The van der Waals surface area contributed by atoms with Gasteiger partial charge in [-0.1, -0.05) is 35.3 Å². The number of piperazine rings is 1. The summed E-state index contributed by atoms with van der Waals surface area (Å²) in [4.78, 5) is 25.8. The third kappa shape index (κ3) is 3.90. The predicted molar refractivity (Wildman–Crippen MR) is 112 cm³/mol. The first-order chi connectivity index (χ1) is 13.5. The lowest BCUT2D eigenvalue weighted by atomic mass is 10.2. The number of carbonyl (C=O) groups is 1. The van der Waals surface area contributed by atoms with E-state index in [-0.39, 0.29) is 5.91 Å². The summed E-state index contributed by atoms with van der Waals surface area (Å²) in [5, 5.41) is 1.69. The Kier molecular flexibility index (Phi) is 5.35. The predicted octanol–water partition coefficient (Wildman–Crippen LogP) is 3.48. The zero-order valence-corrected chi connectivity index (χ0v) is 16.6. The van der Waals surface area contributed by atoms with Gasteiger partial charge in [-0.3, -0.25) is 9.69 Å². The Bertz CT molecular complexity index is 1030. The molecule has 4 rings (SSSR count). The number of aromatic nitrogens is 2. The number of nitrogens with zero attached hydrogens (tertiary/aromatic N) is 4. The lowest BCUT2D eigenvalue weighted by molar-refractivity contribution is 0.0625. The van der Waals surface area contributed by atoms with Gasteiger partial charge in [-0.25, -0.2) is 9.97 Å². The highest BCUT2D eigenvalue weighted by atomic mass is 35.5. The van der Waals surface area contributed by atoms with Crippen LogP contribution in [0.4, 0.5) is 5.82 Å². The average molecular weight is 416 g/mol. The van der Waals surface area contributed by atoms with Crippen LogP contribution in [0.25, 0.3) is 10.9 Å². The monoisotopic (exact) mass is 415 g/mol. The van der Waals surface area contributed by atoms with Crippen LogP contribution in [0.15, 0.2) is 42.5 Å². The summed E-state index contributed by atoms with van der Waals surface area (Å²) in [5.41, 5.74) is 7.46. The van der Waals surface area contributed by atoms with Crippen LogP contribution in [0, 0.1) is 0 Å². The molecular formula is C20H19Cl2N5O. The summed E-state index contributed by atoms with van der Waals surface area (Å²) >= 11 is 12.0. The Labute approximate surface area is 172 Å². The van der Waals surface area contributed by atoms with Gasteiger partial charge in [0.1, 0.15) is 11.6 Å². The van der Waals surface area contributed by atoms with Crippen LogP contribution in [0.3, 0.4) is 0 Å². The standard InChI is InChI=1S/C20H19Cl2N5O/c21-15-6-5-13(11-16(15)22)20(28)27-9-7-26(8-10-27)12-18-24-17-4-2-1-3-14(17)19(23)25-18/h1-6,11H,7-10,12H2,(H2,23,24,25). The molecular weight excluding hydrogens is 397 g/mol. The fourth-order valence-electron chi connectivity index (χ4n) is 3.34. The van der Waals surface area contributed by atoms with Crippen molar-refractivity contribution in [2.24, 2.45) is 0 Å². The number of fused-ring (bicyclic) bond motifs is 1. The van der Waals surface area contributed by atoms with Gasteiger partial charge < -0.3 is 10.6 Å². The Morgan fingerprint density at radius 1 is 1.00 bits per heavy atom. The highest BCUT2D eigenvalue weighted by molar-refractivity contribution is 6.42. The highest BCUT2D eigenvalue weighted by Crippen LogP contribution is 2.24. The smallest absolute Gasteiger partial charge is 0.253 e. The number of hydrogen-bond acceptors (Lipinski definition) is 5. The number of amides is 1. The molecule has 2 N–H and O–H groups in total. The molecule has 144 valence electrons. The number of hydrogen-bond donors (Lipinski definition) is 1. The first-order valence-corrected chi connectivity index (χ1v) is 9.74. The molecule has 0 aliphatic carbocycles. The number of halogens is 2. The van der Waals surface area contributed by atoms with Crippen molar-refractivity contribution in [1.29, 1.82) is 0 Å². The highest BCUT2D eigenvalue weighted by Gasteiger charge is 2.23. The van der Waals surface area contributed by atoms with Crippen molar-refractivity contribution in [3.05, 3.63) is 63.9 Å². The minimum Gasteiger partial charge on any atom is -0.383 e. The van der Waals surface area contributed by atoms with Crippen molar-refractivity contribution in [3.63, 3.8) is 0 Å². The number of para-hydroxylation sites is 1. The zero-order valence-electron chi connectivity index (χ0n) is 15.1. The molecule has 8 heteroatoms. The van der Waals surface area contributed by atoms with Crippen LogP contribution in [-0.4, -0.2) is 51.9 Å². The van der Waals surface area contributed by atoms with Crippen LogP contribution in [0.5, 0.6) is 0 Å². The van der Waals surface area contributed by atoms with E-state index < -0.39 is 0 Å². The van der Waals surface area contributed by atoms with Gasteiger partial charge in [-0.15, -0.1) is 0 Å². The van der Waals surface area contributed by atoms with Crippen molar-refractivity contribution < 1.29 is 4.79 Å². The van der Waals surface area contributed by atoms with Crippen LogP contribution in [-0.2, 0) is 6.54 Å². The molecule has 1 fully saturated rings. The first kappa shape index (κ1) is 18.9. The van der Waals surface area contributed by atoms with Crippen molar-refractivity contribution in [2.45, 2.75) is 6.54 Å². The molecule has 1 aromatic heterocycles. The molecule has 1 aliphatic rings. The molecule has 0 unspecified atom stereocenters. The van der Waals surface area contributed by atoms with Gasteiger partial charge in [-0.2, -0.15) is 0 Å². The first-order valence-electron chi connectivity index (χ1n) is 8.99. The Hall–Kier alpha value is -2.41. The second-order valence-electron chi connectivity index (χ2n) is 6.74. The van der Waals surface area contributed by atoms with E-state index in [1.807, 2.05) is 29.2 Å². The summed E-state index contributed by atoms with van der Waals surface area (Å²) < 4.78 is 0. The van der Waals surface area contributed by atoms with E-state index in [1.54, 1.807) is 18.2 Å². The normalized spacial score (nSPS) is 15.1. The lowest BCUT2D eigenvalue weighted by Crippen LogP contribution is -2.48. The maximum Gasteiger partial charge on any atom is 0.253 e. The third-order valence-corrected chi connectivity index (χ3v) is 5.61. The van der Waals surface area contributed by atoms with Crippen molar-refractivity contribution in [2.75, 3.05) is 31.9 Å². The quantitative estimate of drug-likeness (QED) is 0.708. The van der Waals surface area contributed by atoms with E-state index in [0.29, 0.717) is 46.9 Å². The zero-order chi connectivity index (χ0) is 19.7. The minimum absolute atomic E-state index is 0.0376. The molecule has 0 bridgehead atoms. The summed E-state index contributed by atoms with van der Waals surface area (Å²) in [6, 6.07) is 12.7. The van der Waals surface area contributed by atoms with Gasteiger partial charge in [0.15, 0.2) is 0 Å². The van der Waals surface area contributed by atoms with E-state index in [4.69, 9.17) is 28.9 Å². The molecule has 0 saturated carbocycles. The largest absolute Gasteiger partial charge is 0.383 e. The second-order valence-corrected chi connectivity index (χ2v) is 7.55. The van der Waals surface area contributed by atoms with E-state index >= 15 is 0 Å². The van der Waals surface area contributed by atoms with E-state index in [1.165, 1.54) is 0 Å². The number of rotatable bonds is 3. The van der Waals surface area contributed by atoms with E-state index in [0.717, 1.165) is 24.0 Å². The van der Waals surface area contributed by atoms with E-state index in [9.17, 15) is 4.79 Å². The summed E-state index contributed by atoms with van der Waals surface area (Å²) in [6.45, 7) is 3.33. The van der Waals surface area contributed by atoms with Crippen LogP contribution >= 0.6 is 23.2 Å². The van der Waals surface area contributed by atoms with Crippen LogP contribution in [0.2, 0.25) is 10.0 Å². The molecule has 0 radical (unpaired) electrons. The number of nitrogen functional groups attached to an aromatic ring is 1. The van der Waals surface area contributed by atoms with Gasteiger partial charge in [-0.05, 0) is 30.3 Å². The summed E-state index contributed by atoms with van der Waals surface area (Å²) in [7, 11) is 0. The average Bonchev–Trinajstić information content (AvgIpc) is 2.70. The molecule has 6 nitrogen and oxygen atoms in total. The van der Waals surface area contributed by atoms with Crippen LogP contribution in [0.1, 0.15) is 16.2 Å². The molecule has 2 heterocycles. The van der Waals surface area contributed by atoms with Crippen LogP contribution < -0.4 is 5.73 Å². The van der Waals surface area contributed by atoms with Crippen molar-refractivity contribution in [1.82, 2.24) is 19.8 Å². The van der Waals surface area contributed by atoms with Crippen molar-refractivity contribution in [3.8, 4) is 0 Å². The Morgan fingerprint density at radius 3 is 2.50 bits per heavy atom. The van der Waals surface area contributed by atoms with E-state index in [2.05, 4.69) is 14.9 Å². The third-order valence-electron chi connectivity index (χ3n) is 4.87. The number of benzene rings is 2. The summed E-state index contributed by atoms with van der Waals surface area (Å²) in [5.74, 6) is 1.15. The minimum atomic E-state index is -0.0376. The maximum absolute atomic E-state index is 12.7. The second kappa shape index (κ2) is 7.91. The van der Waals surface area contributed by atoms with Gasteiger partial charge in [0.25, 0.3) is 5.91 Å². The molecule has 0 atom stereocenters. The number of nitrogens with two attached hydrogens (primary N) is 1. The molecule has 3 aromatic rings. The SMILES string of the molecule is Nc1nc(CN2CCN(C(=O)c3ccc(Cl)c(Cl)c3)CC2)nc2ccccc12. The fourth-order valence-corrected chi connectivity index (χ4v) is 3.64. The van der Waals surface area contributed by atoms with Gasteiger partial charge >= 0.3 is 0 Å². The van der Waals surface area contributed by atoms with Gasteiger partial charge in [0.05, 0.1) is 22.1 Å². The lowest BCUT2D eigenvalue weighted by Gasteiger charge is -2.34. The molecule has 1 amide bonds. The molecule has 28 heavy (non-hydrogen) atoms. The van der Waals surface area contributed by atoms with Gasteiger partial charge in [0.2, 0.25) is 0 Å². The van der Waals surface area contributed by atoms with Crippen molar-refractivity contribution >= 4 is 45.8 Å². The topological polar surface area (TPSA) is 75.3 Å². The summed E-state index contributed by atoms with van der Waals surface area (Å²) in [6.07, 6.45) is 0. The Morgan fingerprint density at radius 2 is 1.75 bits per heavy atom. The molecule has 1 aliphatic heterocycles. The number of carbonyl (C=O) groups excluding carboxylic acids is 1. The Balaban J connectivity index is 1.40. The fraction of sp³-hybridized carbons (Fsp3) is 0.250. The maximum atomic E-state index is 12.7.